The van der Waals surface area contributed by atoms with E-state index in [0.717, 1.165) is 0 Å². The van der Waals surface area contributed by atoms with Crippen LogP contribution in [0.1, 0.15) is 213 Å². The van der Waals surface area contributed by atoms with Gasteiger partial charge in [-0.3, -0.25) is 0 Å². The molecule has 1 heterocycles. The lowest BCUT2D eigenvalue weighted by Crippen LogP contribution is -2.37. The van der Waals surface area contributed by atoms with Gasteiger partial charge >= 0.3 is 0 Å². The highest BCUT2D eigenvalue weighted by Crippen LogP contribution is 2.15. The first kappa shape index (κ1) is 37.2. The van der Waals surface area contributed by atoms with E-state index in [2.05, 4.69) is 42.3 Å². The number of rotatable bonds is 32. The van der Waals surface area contributed by atoms with E-state index < -0.39 is 0 Å². The quantitative estimate of drug-likeness (QED) is 0.0613. The number of hydrogen-bond acceptors (Lipinski definition) is 0. The van der Waals surface area contributed by atoms with Gasteiger partial charge in [-0.15, -0.1) is 0 Å². The van der Waals surface area contributed by atoms with Crippen LogP contribution >= 0.6 is 0 Å². The molecule has 2 nitrogen and oxygen atoms in total. The van der Waals surface area contributed by atoms with Crippen molar-refractivity contribution in [2.24, 2.45) is 0 Å². The molecule has 0 saturated heterocycles. The summed E-state index contributed by atoms with van der Waals surface area (Å²) in [7, 11) is 0. The molecule has 0 bridgehead atoms. The molecule has 236 valence electrons. The Labute approximate surface area is 253 Å². The van der Waals surface area contributed by atoms with Crippen LogP contribution in [0.25, 0.3) is 0 Å². The van der Waals surface area contributed by atoms with E-state index in [-0.39, 0.29) is 0 Å². The molecule has 0 radical (unpaired) electrons. The second-order valence-corrected chi connectivity index (χ2v) is 13.0. The Kier molecular flexibility index (Phi) is 27.6. The number of aromatic nitrogens is 2. The van der Waals surface area contributed by atoms with E-state index >= 15 is 0 Å². The molecule has 2 heteroatoms. The molecule has 1 aromatic heterocycles. The SMILES string of the molecule is CCCCCCCCCCCCCCCCCCCn1cc[n+](CCCCCCCCC)c1CCCCCCC. The molecule has 0 aliphatic heterocycles. The van der Waals surface area contributed by atoms with Crippen molar-refractivity contribution in [3.63, 3.8) is 0 Å². The molecule has 0 amide bonds. The van der Waals surface area contributed by atoms with Gasteiger partial charge < -0.3 is 0 Å². The molecule has 40 heavy (non-hydrogen) atoms. The van der Waals surface area contributed by atoms with Gasteiger partial charge in [0.25, 0.3) is 5.82 Å². The van der Waals surface area contributed by atoms with Crippen LogP contribution in [0, 0.1) is 0 Å². The van der Waals surface area contributed by atoms with Crippen LogP contribution < -0.4 is 4.57 Å². The maximum atomic E-state index is 2.62. The molecule has 0 aliphatic carbocycles. The van der Waals surface area contributed by atoms with Gasteiger partial charge in [-0.05, 0) is 32.1 Å². The third kappa shape index (κ3) is 21.9. The molecule has 1 aromatic rings. The smallest absolute Gasteiger partial charge is 0.234 e. The van der Waals surface area contributed by atoms with Crippen molar-refractivity contribution in [2.75, 3.05) is 0 Å². The van der Waals surface area contributed by atoms with Crippen molar-refractivity contribution < 1.29 is 4.57 Å². The van der Waals surface area contributed by atoms with E-state index in [4.69, 9.17) is 0 Å². The van der Waals surface area contributed by atoms with Gasteiger partial charge in [0.05, 0.1) is 13.1 Å². The lowest BCUT2D eigenvalue weighted by molar-refractivity contribution is -0.704. The van der Waals surface area contributed by atoms with Gasteiger partial charge in [-0.1, -0.05) is 175 Å². The van der Waals surface area contributed by atoms with Gasteiger partial charge in [0.15, 0.2) is 0 Å². The summed E-state index contributed by atoms with van der Waals surface area (Å²) in [5.41, 5.74) is 0. The zero-order chi connectivity index (χ0) is 28.8. The van der Waals surface area contributed by atoms with Crippen molar-refractivity contribution in [1.29, 1.82) is 0 Å². The van der Waals surface area contributed by atoms with Gasteiger partial charge in [0.1, 0.15) is 12.4 Å². The van der Waals surface area contributed by atoms with Crippen molar-refractivity contribution >= 4 is 0 Å². The first-order valence-electron chi connectivity index (χ1n) is 18.9. The van der Waals surface area contributed by atoms with Crippen LogP contribution in [0.4, 0.5) is 0 Å². The maximum Gasteiger partial charge on any atom is 0.256 e. The fraction of sp³-hybridized carbons (Fsp3) is 0.921. The summed E-state index contributed by atoms with van der Waals surface area (Å²) in [4.78, 5) is 0. The molecule has 1 rings (SSSR count). The molecule has 0 fully saturated rings. The summed E-state index contributed by atoms with van der Waals surface area (Å²) in [5.74, 6) is 1.61. The average Bonchev–Trinajstić information content (AvgIpc) is 3.35. The largest absolute Gasteiger partial charge is 0.256 e. The van der Waals surface area contributed by atoms with Crippen LogP contribution in [-0.4, -0.2) is 4.57 Å². The third-order valence-corrected chi connectivity index (χ3v) is 9.10. The van der Waals surface area contributed by atoms with E-state index in [0.29, 0.717) is 0 Å². The van der Waals surface area contributed by atoms with Crippen LogP contribution in [-0.2, 0) is 19.5 Å². The molecule has 0 N–H and O–H groups in total. The number of imidazole rings is 1. The van der Waals surface area contributed by atoms with Crippen LogP contribution in [0.15, 0.2) is 12.4 Å². The second kappa shape index (κ2) is 29.7. The monoisotopic (exact) mass is 560 g/mol. The van der Waals surface area contributed by atoms with Gasteiger partial charge in [0, 0.05) is 6.42 Å². The Morgan fingerprint density at radius 3 is 1.20 bits per heavy atom. The first-order valence-corrected chi connectivity index (χ1v) is 18.9. The standard InChI is InChI=1S/C38H75N2/c1-4-7-10-13-15-16-17-18-19-20-21-22-23-24-26-29-32-35-40-37-36-39(34-31-28-25-14-11-8-5-2)38(40)33-30-27-12-9-6-3/h36-37H,4-35H2,1-3H3/q+1. The number of hydrogen-bond donors (Lipinski definition) is 0. The number of aryl methyl sites for hydroxylation is 2. The predicted octanol–water partition coefficient (Wildman–Crippen LogP) is 12.7. The minimum absolute atomic E-state index is 1.23. The summed E-state index contributed by atoms with van der Waals surface area (Å²) < 4.78 is 5.23. The van der Waals surface area contributed by atoms with Crippen LogP contribution in [0.3, 0.4) is 0 Å². The first-order chi connectivity index (χ1) is 19.8. The van der Waals surface area contributed by atoms with E-state index in [1.165, 1.54) is 206 Å². The molecular formula is C38H75N2+. The Morgan fingerprint density at radius 2 is 0.775 bits per heavy atom. The van der Waals surface area contributed by atoms with E-state index in [1.54, 1.807) is 5.82 Å². The fourth-order valence-corrected chi connectivity index (χ4v) is 6.33. The lowest BCUT2D eigenvalue weighted by Gasteiger charge is -2.07. The highest BCUT2D eigenvalue weighted by atomic mass is 15.1. The van der Waals surface area contributed by atoms with E-state index in [9.17, 15) is 0 Å². The highest BCUT2D eigenvalue weighted by Gasteiger charge is 2.16. The van der Waals surface area contributed by atoms with Crippen LogP contribution in [0.2, 0.25) is 0 Å². The normalized spacial score (nSPS) is 11.6. The summed E-state index contributed by atoms with van der Waals surface area (Å²) >= 11 is 0. The average molecular weight is 560 g/mol. The van der Waals surface area contributed by atoms with Crippen molar-refractivity contribution in [2.45, 2.75) is 226 Å². The minimum atomic E-state index is 1.23. The summed E-state index contributed by atoms with van der Waals surface area (Å²) in [6.07, 6.45) is 47.4. The molecule has 0 saturated carbocycles. The Bertz CT molecular complexity index is 619. The third-order valence-electron chi connectivity index (χ3n) is 9.10. The Hall–Kier alpha value is -0.790. The summed E-state index contributed by atoms with van der Waals surface area (Å²) in [5, 5.41) is 0. The second-order valence-electron chi connectivity index (χ2n) is 13.0. The zero-order valence-electron chi connectivity index (χ0n) is 28.2. The topological polar surface area (TPSA) is 8.81 Å². The van der Waals surface area contributed by atoms with Gasteiger partial charge in [0.2, 0.25) is 0 Å². The Morgan fingerprint density at radius 1 is 0.425 bits per heavy atom. The highest BCUT2D eigenvalue weighted by molar-refractivity contribution is 4.84. The van der Waals surface area contributed by atoms with Gasteiger partial charge in [-0.25, -0.2) is 9.13 Å². The van der Waals surface area contributed by atoms with E-state index in [1.807, 2.05) is 0 Å². The number of unbranched alkanes of at least 4 members (excludes halogenated alkanes) is 26. The maximum absolute atomic E-state index is 2.62. The molecular weight excluding hydrogens is 484 g/mol. The van der Waals surface area contributed by atoms with Crippen molar-refractivity contribution in [3.8, 4) is 0 Å². The van der Waals surface area contributed by atoms with Crippen molar-refractivity contribution in [1.82, 2.24) is 4.57 Å². The zero-order valence-corrected chi connectivity index (χ0v) is 28.2. The molecule has 0 aliphatic rings. The molecule has 0 spiro atoms. The molecule has 0 unspecified atom stereocenters. The molecule has 0 atom stereocenters. The Balaban J connectivity index is 2.14. The van der Waals surface area contributed by atoms with Crippen LogP contribution in [0.5, 0.6) is 0 Å². The summed E-state index contributed by atoms with van der Waals surface area (Å²) in [6.45, 7) is 9.39. The molecule has 0 aromatic carbocycles. The number of nitrogens with zero attached hydrogens (tertiary/aromatic N) is 2. The van der Waals surface area contributed by atoms with Gasteiger partial charge in [-0.2, -0.15) is 0 Å². The van der Waals surface area contributed by atoms with Crippen molar-refractivity contribution in [3.05, 3.63) is 18.2 Å². The predicted molar refractivity (Wildman–Crippen MR) is 179 cm³/mol. The lowest BCUT2D eigenvalue weighted by atomic mass is 10.0. The fourth-order valence-electron chi connectivity index (χ4n) is 6.33. The summed E-state index contributed by atoms with van der Waals surface area (Å²) in [6, 6.07) is 0. The minimum Gasteiger partial charge on any atom is -0.234 e.